The predicted molar refractivity (Wildman–Crippen MR) is 78.1 cm³/mol. The van der Waals surface area contributed by atoms with E-state index in [1.807, 2.05) is 0 Å². The summed E-state index contributed by atoms with van der Waals surface area (Å²) >= 11 is 6.52. The number of ether oxygens (including phenoxy) is 1. The largest absolute Gasteiger partial charge is 0.378 e. The van der Waals surface area contributed by atoms with E-state index in [9.17, 15) is 0 Å². The lowest BCUT2D eigenvalue weighted by Crippen LogP contribution is -2.28. The van der Waals surface area contributed by atoms with Gasteiger partial charge in [-0.2, -0.15) is 0 Å². The highest BCUT2D eigenvalue weighted by molar-refractivity contribution is 6.20. The highest BCUT2D eigenvalue weighted by atomic mass is 35.5. The number of rotatable bonds is 5. The molecule has 106 valence electrons. The van der Waals surface area contributed by atoms with E-state index >= 15 is 0 Å². The SMILES string of the molecule is CC(C)C1CCC(Cl)C(CCCC2CCCO2)C1. The minimum Gasteiger partial charge on any atom is -0.378 e. The first-order valence-corrected chi connectivity index (χ1v) is 8.36. The molecule has 0 N–H and O–H groups in total. The molecule has 18 heavy (non-hydrogen) atoms. The van der Waals surface area contributed by atoms with Gasteiger partial charge in [-0.3, -0.25) is 0 Å². The maximum Gasteiger partial charge on any atom is 0.0576 e. The third-order valence-corrected chi connectivity index (χ3v) is 5.57. The van der Waals surface area contributed by atoms with Gasteiger partial charge in [-0.1, -0.05) is 20.3 Å². The summed E-state index contributed by atoms with van der Waals surface area (Å²) in [6.07, 6.45) is 10.9. The maximum atomic E-state index is 6.52. The van der Waals surface area contributed by atoms with Gasteiger partial charge in [0.05, 0.1) is 6.10 Å². The summed E-state index contributed by atoms with van der Waals surface area (Å²) < 4.78 is 5.70. The first kappa shape index (κ1) is 14.7. The third-order valence-electron chi connectivity index (χ3n) is 5.00. The monoisotopic (exact) mass is 272 g/mol. The standard InChI is InChI=1S/C16H29ClO/c1-12(2)13-8-9-16(17)14(11-13)5-3-6-15-7-4-10-18-15/h12-16H,3-11H2,1-2H3. The van der Waals surface area contributed by atoms with E-state index in [0.717, 1.165) is 24.4 Å². The van der Waals surface area contributed by atoms with Crippen molar-refractivity contribution in [1.29, 1.82) is 0 Å². The average molecular weight is 273 g/mol. The van der Waals surface area contributed by atoms with E-state index < -0.39 is 0 Å². The molecule has 0 bridgehead atoms. The second-order valence-corrected chi connectivity index (χ2v) is 7.22. The molecule has 0 spiro atoms. The maximum absolute atomic E-state index is 6.52. The van der Waals surface area contributed by atoms with Crippen molar-refractivity contribution in [1.82, 2.24) is 0 Å². The van der Waals surface area contributed by atoms with Crippen LogP contribution < -0.4 is 0 Å². The molecular formula is C16H29ClO. The van der Waals surface area contributed by atoms with Gasteiger partial charge in [0.1, 0.15) is 0 Å². The summed E-state index contributed by atoms with van der Waals surface area (Å²) in [5, 5.41) is 0.435. The molecular weight excluding hydrogens is 244 g/mol. The van der Waals surface area contributed by atoms with Crippen molar-refractivity contribution in [2.45, 2.75) is 76.7 Å². The number of alkyl halides is 1. The predicted octanol–water partition coefficient (Wildman–Crippen LogP) is 5.02. The zero-order chi connectivity index (χ0) is 13.0. The molecule has 2 fully saturated rings. The van der Waals surface area contributed by atoms with Crippen LogP contribution in [0.15, 0.2) is 0 Å². The Morgan fingerprint density at radius 3 is 2.67 bits per heavy atom. The summed E-state index contributed by atoms with van der Waals surface area (Å²) in [6, 6.07) is 0. The zero-order valence-corrected chi connectivity index (χ0v) is 12.8. The van der Waals surface area contributed by atoms with Gasteiger partial charge in [-0.05, 0) is 62.7 Å². The second-order valence-electron chi connectivity index (χ2n) is 6.66. The fraction of sp³-hybridized carbons (Fsp3) is 1.00. The van der Waals surface area contributed by atoms with E-state index in [4.69, 9.17) is 16.3 Å². The molecule has 1 saturated carbocycles. The second kappa shape index (κ2) is 7.14. The van der Waals surface area contributed by atoms with Crippen LogP contribution in [0.1, 0.15) is 65.2 Å². The highest BCUT2D eigenvalue weighted by Gasteiger charge is 2.30. The summed E-state index contributed by atoms with van der Waals surface area (Å²) in [5.41, 5.74) is 0. The van der Waals surface area contributed by atoms with Crippen molar-refractivity contribution in [2.75, 3.05) is 6.61 Å². The third kappa shape index (κ3) is 4.13. The molecule has 1 heterocycles. The molecule has 2 heteroatoms. The van der Waals surface area contributed by atoms with Gasteiger partial charge in [0.15, 0.2) is 0 Å². The fourth-order valence-corrected chi connectivity index (χ4v) is 4.00. The van der Waals surface area contributed by atoms with Crippen LogP contribution in [0.5, 0.6) is 0 Å². The van der Waals surface area contributed by atoms with Gasteiger partial charge in [-0.25, -0.2) is 0 Å². The molecule has 0 aromatic rings. The fourth-order valence-electron chi connectivity index (χ4n) is 3.65. The van der Waals surface area contributed by atoms with E-state index in [-0.39, 0.29) is 0 Å². The van der Waals surface area contributed by atoms with Crippen LogP contribution in [-0.4, -0.2) is 18.1 Å². The Labute approximate surface area is 118 Å². The van der Waals surface area contributed by atoms with Gasteiger partial charge < -0.3 is 4.74 Å². The van der Waals surface area contributed by atoms with Gasteiger partial charge >= 0.3 is 0 Å². The molecule has 1 saturated heterocycles. The molecule has 1 aliphatic heterocycles. The van der Waals surface area contributed by atoms with Crippen LogP contribution in [0.2, 0.25) is 0 Å². The Morgan fingerprint density at radius 1 is 1.17 bits per heavy atom. The topological polar surface area (TPSA) is 9.23 Å². The highest BCUT2D eigenvalue weighted by Crippen LogP contribution is 2.39. The quantitative estimate of drug-likeness (QED) is 0.639. The molecule has 1 nitrogen and oxygen atoms in total. The first-order valence-electron chi connectivity index (χ1n) is 7.92. The number of halogens is 1. The summed E-state index contributed by atoms with van der Waals surface area (Å²) in [6.45, 7) is 5.72. The van der Waals surface area contributed by atoms with Crippen molar-refractivity contribution >= 4 is 11.6 Å². The lowest BCUT2D eigenvalue weighted by atomic mass is 9.74. The molecule has 2 aliphatic rings. The molecule has 1 aliphatic carbocycles. The Balaban J connectivity index is 1.69. The molecule has 0 aromatic heterocycles. The molecule has 0 aromatic carbocycles. The van der Waals surface area contributed by atoms with E-state index in [1.165, 1.54) is 51.4 Å². The van der Waals surface area contributed by atoms with Crippen molar-refractivity contribution < 1.29 is 4.74 Å². The molecule has 4 unspecified atom stereocenters. The van der Waals surface area contributed by atoms with Gasteiger partial charge in [0.25, 0.3) is 0 Å². The Hall–Kier alpha value is 0.250. The number of hydrogen-bond acceptors (Lipinski definition) is 1. The van der Waals surface area contributed by atoms with Crippen molar-refractivity contribution in [2.24, 2.45) is 17.8 Å². The van der Waals surface area contributed by atoms with Crippen LogP contribution in [0.3, 0.4) is 0 Å². The lowest BCUT2D eigenvalue weighted by Gasteiger charge is -2.35. The van der Waals surface area contributed by atoms with E-state index in [1.54, 1.807) is 0 Å². The van der Waals surface area contributed by atoms with Gasteiger partial charge in [0.2, 0.25) is 0 Å². The smallest absolute Gasteiger partial charge is 0.0576 e. The minimum absolute atomic E-state index is 0.435. The molecule has 4 atom stereocenters. The van der Waals surface area contributed by atoms with Crippen LogP contribution >= 0.6 is 11.6 Å². The average Bonchev–Trinajstić information content (AvgIpc) is 2.84. The molecule has 0 amide bonds. The Bertz CT molecular complexity index is 235. The van der Waals surface area contributed by atoms with Crippen molar-refractivity contribution in [3.8, 4) is 0 Å². The van der Waals surface area contributed by atoms with Crippen LogP contribution in [-0.2, 0) is 4.74 Å². The first-order chi connectivity index (χ1) is 8.66. The molecule has 2 rings (SSSR count). The summed E-state index contributed by atoms with van der Waals surface area (Å²) in [4.78, 5) is 0. The van der Waals surface area contributed by atoms with Gasteiger partial charge in [-0.15, -0.1) is 11.6 Å². The summed E-state index contributed by atoms with van der Waals surface area (Å²) in [7, 11) is 0. The normalized spacial score (nSPS) is 37.3. The lowest BCUT2D eigenvalue weighted by molar-refractivity contribution is 0.0988. The molecule has 0 radical (unpaired) electrons. The number of hydrogen-bond donors (Lipinski definition) is 0. The summed E-state index contributed by atoms with van der Waals surface area (Å²) in [5.74, 6) is 2.50. The van der Waals surface area contributed by atoms with Crippen molar-refractivity contribution in [3.63, 3.8) is 0 Å². The minimum atomic E-state index is 0.435. The van der Waals surface area contributed by atoms with E-state index in [0.29, 0.717) is 11.5 Å². The van der Waals surface area contributed by atoms with Crippen LogP contribution in [0.25, 0.3) is 0 Å². The van der Waals surface area contributed by atoms with Crippen LogP contribution in [0, 0.1) is 17.8 Å². The van der Waals surface area contributed by atoms with Gasteiger partial charge in [0, 0.05) is 12.0 Å². The van der Waals surface area contributed by atoms with Crippen LogP contribution in [0.4, 0.5) is 0 Å². The van der Waals surface area contributed by atoms with Crippen molar-refractivity contribution in [3.05, 3.63) is 0 Å². The van der Waals surface area contributed by atoms with E-state index in [2.05, 4.69) is 13.8 Å². The Morgan fingerprint density at radius 2 is 2.00 bits per heavy atom. The Kier molecular flexibility index (Phi) is 5.82. The zero-order valence-electron chi connectivity index (χ0n) is 12.0.